The maximum absolute atomic E-state index is 11.2. The Kier molecular flexibility index (Phi) is 2.21. The lowest BCUT2D eigenvalue weighted by Gasteiger charge is -1.99. The topological polar surface area (TPSA) is 67.5 Å². The van der Waals surface area contributed by atoms with Gasteiger partial charge in [0.15, 0.2) is 5.58 Å². The van der Waals surface area contributed by atoms with Crippen molar-refractivity contribution in [1.82, 2.24) is 0 Å². The first-order valence-corrected chi connectivity index (χ1v) is 4.43. The van der Waals surface area contributed by atoms with Crippen molar-refractivity contribution in [2.45, 2.75) is 0 Å². The zero-order valence-corrected chi connectivity index (χ0v) is 8.12. The molecule has 0 spiro atoms. The molecule has 0 fully saturated rings. The maximum atomic E-state index is 11.2. The summed E-state index contributed by atoms with van der Waals surface area (Å²) in [7, 11) is 0. The van der Waals surface area contributed by atoms with Crippen LogP contribution in [-0.4, -0.2) is 11.1 Å². The standard InChI is InChI=1S/C10H5ClO4/c11-7-3-1-2-5-4-6(9(12)13)10(14)15-8(5)7/h1-4H,(H,12,13). The molecule has 1 aromatic heterocycles. The third-order valence-electron chi connectivity index (χ3n) is 1.94. The summed E-state index contributed by atoms with van der Waals surface area (Å²) in [6.45, 7) is 0. The molecule has 0 aliphatic rings. The predicted octanol–water partition coefficient (Wildman–Crippen LogP) is 2.14. The molecule has 1 heterocycles. The van der Waals surface area contributed by atoms with Gasteiger partial charge in [-0.1, -0.05) is 23.7 Å². The maximum Gasteiger partial charge on any atom is 0.351 e. The van der Waals surface area contributed by atoms with Crippen molar-refractivity contribution in [3.63, 3.8) is 0 Å². The molecule has 0 aliphatic heterocycles. The average molecular weight is 225 g/mol. The molecule has 0 unspecified atom stereocenters. The molecule has 0 amide bonds. The molecule has 2 rings (SSSR count). The Morgan fingerprint density at radius 3 is 2.80 bits per heavy atom. The molecule has 1 aromatic carbocycles. The van der Waals surface area contributed by atoms with Crippen LogP contribution >= 0.6 is 11.6 Å². The van der Waals surface area contributed by atoms with Crippen LogP contribution in [0.5, 0.6) is 0 Å². The summed E-state index contributed by atoms with van der Waals surface area (Å²) in [5.41, 5.74) is -1.10. The molecule has 76 valence electrons. The summed E-state index contributed by atoms with van der Waals surface area (Å²) in [6.07, 6.45) is 0. The molecule has 0 aliphatic carbocycles. The van der Waals surface area contributed by atoms with Crippen molar-refractivity contribution in [3.8, 4) is 0 Å². The first-order valence-electron chi connectivity index (χ1n) is 4.05. The van der Waals surface area contributed by atoms with Gasteiger partial charge in [-0.2, -0.15) is 0 Å². The molecular formula is C10H5ClO4. The summed E-state index contributed by atoms with van der Waals surface area (Å²) in [5, 5.41) is 9.47. The van der Waals surface area contributed by atoms with Crippen LogP contribution in [0.3, 0.4) is 0 Å². The van der Waals surface area contributed by atoms with E-state index in [0.29, 0.717) is 5.39 Å². The van der Waals surface area contributed by atoms with Crippen molar-refractivity contribution >= 4 is 28.5 Å². The Morgan fingerprint density at radius 1 is 1.40 bits per heavy atom. The quantitative estimate of drug-likeness (QED) is 0.754. The molecule has 0 saturated heterocycles. The van der Waals surface area contributed by atoms with Crippen molar-refractivity contribution in [3.05, 3.63) is 45.3 Å². The van der Waals surface area contributed by atoms with E-state index in [9.17, 15) is 9.59 Å². The minimum atomic E-state index is -1.31. The van der Waals surface area contributed by atoms with Crippen LogP contribution in [0.15, 0.2) is 33.5 Å². The number of aromatic carboxylic acids is 1. The second-order valence-corrected chi connectivity index (χ2v) is 3.32. The summed E-state index contributed by atoms with van der Waals surface area (Å²) in [5.74, 6) is -1.31. The van der Waals surface area contributed by atoms with E-state index in [0.717, 1.165) is 0 Å². The van der Waals surface area contributed by atoms with Crippen molar-refractivity contribution in [2.75, 3.05) is 0 Å². The number of fused-ring (bicyclic) bond motifs is 1. The monoisotopic (exact) mass is 224 g/mol. The highest BCUT2D eigenvalue weighted by molar-refractivity contribution is 6.34. The van der Waals surface area contributed by atoms with Crippen LogP contribution in [0.4, 0.5) is 0 Å². The van der Waals surface area contributed by atoms with Crippen LogP contribution < -0.4 is 5.63 Å². The predicted molar refractivity (Wildman–Crippen MR) is 54.5 cm³/mol. The molecule has 0 atom stereocenters. The van der Waals surface area contributed by atoms with Gasteiger partial charge in [0.1, 0.15) is 5.56 Å². The smallest absolute Gasteiger partial charge is 0.351 e. The summed E-state index contributed by atoms with van der Waals surface area (Å²) in [6, 6.07) is 6.08. The number of carbonyl (C=O) groups is 1. The van der Waals surface area contributed by atoms with Gasteiger partial charge >= 0.3 is 11.6 Å². The molecule has 15 heavy (non-hydrogen) atoms. The third-order valence-corrected chi connectivity index (χ3v) is 2.24. The lowest BCUT2D eigenvalue weighted by atomic mass is 10.2. The Hall–Kier alpha value is -1.81. The SMILES string of the molecule is O=C(O)c1cc2cccc(Cl)c2oc1=O. The average Bonchev–Trinajstić information content (AvgIpc) is 2.18. The summed E-state index contributed by atoms with van der Waals surface area (Å²) >= 11 is 5.78. The number of halogens is 1. The fraction of sp³-hybridized carbons (Fsp3) is 0. The highest BCUT2D eigenvalue weighted by Crippen LogP contribution is 2.22. The second kappa shape index (κ2) is 3.40. The summed E-state index contributed by atoms with van der Waals surface area (Å²) < 4.78 is 4.82. The normalized spacial score (nSPS) is 10.5. The van der Waals surface area contributed by atoms with Gasteiger partial charge in [0, 0.05) is 5.39 Å². The molecule has 5 heteroatoms. The van der Waals surface area contributed by atoms with Gasteiger partial charge < -0.3 is 9.52 Å². The fourth-order valence-corrected chi connectivity index (χ4v) is 1.48. The zero-order chi connectivity index (χ0) is 11.0. The van der Waals surface area contributed by atoms with Gasteiger partial charge in [0.2, 0.25) is 0 Å². The number of para-hydroxylation sites is 1. The molecule has 4 nitrogen and oxygen atoms in total. The van der Waals surface area contributed by atoms with Gasteiger partial charge in [0.25, 0.3) is 0 Å². The first kappa shape index (κ1) is 9.73. The Morgan fingerprint density at radius 2 is 2.13 bits per heavy atom. The number of rotatable bonds is 1. The molecule has 0 radical (unpaired) electrons. The lowest BCUT2D eigenvalue weighted by Crippen LogP contribution is -2.12. The first-order chi connectivity index (χ1) is 7.09. The summed E-state index contributed by atoms with van der Waals surface area (Å²) in [4.78, 5) is 21.9. The minimum Gasteiger partial charge on any atom is -0.477 e. The van der Waals surface area contributed by atoms with E-state index in [2.05, 4.69) is 0 Å². The number of carboxylic acid groups (broad SMARTS) is 1. The van der Waals surface area contributed by atoms with Crippen LogP contribution in [0, 0.1) is 0 Å². The molecule has 2 aromatic rings. The number of benzene rings is 1. The fourth-order valence-electron chi connectivity index (χ4n) is 1.26. The highest BCUT2D eigenvalue weighted by Gasteiger charge is 2.12. The second-order valence-electron chi connectivity index (χ2n) is 2.91. The van der Waals surface area contributed by atoms with E-state index in [4.69, 9.17) is 21.1 Å². The Balaban J connectivity index is 2.88. The highest BCUT2D eigenvalue weighted by atomic mass is 35.5. The van der Waals surface area contributed by atoms with E-state index in [1.54, 1.807) is 18.2 Å². The van der Waals surface area contributed by atoms with Gasteiger partial charge in [-0.15, -0.1) is 0 Å². The van der Waals surface area contributed by atoms with Crippen molar-refractivity contribution in [1.29, 1.82) is 0 Å². The van der Waals surface area contributed by atoms with E-state index in [-0.39, 0.29) is 10.6 Å². The molecule has 0 bridgehead atoms. The van der Waals surface area contributed by atoms with Crippen LogP contribution in [0.25, 0.3) is 11.0 Å². The van der Waals surface area contributed by atoms with E-state index < -0.39 is 17.2 Å². The lowest BCUT2D eigenvalue weighted by molar-refractivity contribution is 0.0692. The number of hydrogen-bond acceptors (Lipinski definition) is 3. The minimum absolute atomic E-state index is 0.203. The zero-order valence-electron chi connectivity index (χ0n) is 7.36. The Labute approximate surface area is 88.7 Å². The van der Waals surface area contributed by atoms with Crippen LogP contribution in [0.1, 0.15) is 10.4 Å². The van der Waals surface area contributed by atoms with Crippen LogP contribution in [-0.2, 0) is 0 Å². The van der Waals surface area contributed by atoms with Crippen molar-refractivity contribution in [2.24, 2.45) is 0 Å². The largest absolute Gasteiger partial charge is 0.477 e. The third kappa shape index (κ3) is 1.59. The molecule has 0 saturated carbocycles. The van der Waals surface area contributed by atoms with Gasteiger partial charge in [0.05, 0.1) is 5.02 Å². The number of hydrogen-bond donors (Lipinski definition) is 1. The van der Waals surface area contributed by atoms with Gasteiger partial charge in [-0.25, -0.2) is 9.59 Å². The van der Waals surface area contributed by atoms with Gasteiger partial charge in [-0.05, 0) is 12.1 Å². The van der Waals surface area contributed by atoms with Crippen LogP contribution in [0.2, 0.25) is 5.02 Å². The van der Waals surface area contributed by atoms with E-state index >= 15 is 0 Å². The molecular weight excluding hydrogens is 220 g/mol. The van der Waals surface area contributed by atoms with E-state index in [1.165, 1.54) is 6.07 Å². The van der Waals surface area contributed by atoms with E-state index in [1.807, 2.05) is 0 Å². The number of carboxylic acids is 1. The Bertz CT molecular complexity index is 600. The van der Waals surface area contributed by atoms with Gasteiger partial charge in [-0.3, -0.25) is 0 Å². The molecule has 1 N–H and O–H groups in total. The van der Waals surface area contributed by atoms with Crippen molar-refractivity contribution < 1.29 is 14.3 Å².